The number of benzene rings is 1. The molecule has 2 fully saturated rings. The average molecular weight is 412 g/mol. The number of hydrogen-bond acceptors (Lipinski definition) is 3. The van der Waals surface area contributed by atoms with Crippen LogP contribution >= 0.6 is 0 Å². The second-order valence-electron chi connectivity index (χ2n) is 9.75. The van der Waals surface area contributed by atoms with Crippen molar-refractivity contribution in [3.8, 4) is 0 Å². The number of nitrogens with zero attached hydrogens (tertiary/aromatic N) is 1. The SMILES string of the molecule is CC(C)(C)[C@H](Nc1cccc(C(F)(F)F)c1)C(=O)N1C[C@H]2[C@@H]([C@H]1C(=O)O)C2(C)C. The highest BCUT2D eigenvalue weighted by Crippen LogP contribution is 2.65. The number of piperidine rings is 1. The lowest BCUT2D eigenvalue weighted by atomic mass is 9.85. The molecular formula is C21H27F3N2O3. The van der Waals surface area contributed by atoms with Gasteiger partial charge in [0.15, 0.2) is 0 Å². The van der Waals surface area contributed by atoms with Gasteiger partial charge >= 0.3 is 12.1 Å². The van der Waals surface area contributed by atoms with Gasteiger partial charge in [-0.05, 0) is 34.9 Å². The van der Waals surface area contributed by atoms with Crippen LogP contribution in [-0.4, -0.2) is 40.5 Å². The molecule has 8 heteroatoms. The molecule has 160 valence electrons. The highest BCUT2D eigenvalue weighted by molar-refractivity contribution is 5.91. The van der Waals surface area contributed by atoms with E-state index in [0.29, 0.717) is 6.54 Å². The Morgan fingerprint density at radius 1 is 1.24 bits per heavy atom. The summed E-state index contributed by atoms with van der Waals surface area (Å²) in [5, 5.41) is 12.7. The van der Waals surface area contributed by atoms with E-state index < -0.39 is 41.1 Å². The molecule has 3 rings (SSSR count). The zero-order valence-electron chi connectivity index (χ0n) is 17.2. The van der Waals surface area contributed by atoms with Gasteiger partial charge < -0.3 is 15.3 Å². The van der Waals surface area contributed by atoms with E-state index in [1.54, 1.807) is 20.8 Å². The second-order valence-corrected chi connectivity index (χ2v) is 9.75. The van der Waals surface area contributed by atoms with Gasteiger partial charge in [-0.3, -0.25) is 4.79 Å². The molecule has 1 aliphatic carbocycles. The van der Waals surface area contributed by atoms with Crippen molar-refractivity contribution in [3.05, 3.63) is 29.8 Å². The average Bonchev–Trinajstić information content (AvgIpc) is 2.94. The number of halogens is 3. The van der Waals surface area contributed by atoms with E-state index >= 15 is 0 Å². The number of carboxylic acid groups (broad SMARTS) is 1. The van der Waals surface area contributed by atoms with Crippen LogP contribution in [0.1, 0.15) is 40.2 Å². The van der Waals surface area contributed by atoms with Crippen LogP contribution in [0.3, 0.4) is 0 Å². The third kappa shape index (κ3) is 3.81. The molecule has 4 atom stereocenters. The van der Waals surface area contributed by atoms with Crippen molar-refractivity contribution >= 4 is 17.6 Å². The number of carbonyl (C=O) groups is 2. The Kier molecular flexibility index (Phi) is 4.91. The van der Waals surface area contributed by atoms with Gasteiger partial charge in [0.05, 0.1) is 5.56 Å². The topological polar surface area (TPSA) is 69.6 Å². The van der Waals surface area contributed by atoms with Gasteiger partial charge in [0.25, 0.3) is 0 Å². The summed E-state index contributed by atoms with van der Waals surface area (Å²) < 4.78 is 39.1. The fraction of sp³-hybridized carbons (Fsp3) is 0.619. The van der Waals surface area contributed by atoms with Crippen LogP contribution in [-0.2, 0) is 15.8 Å². The molecule has 1 aliphatic heterocycles. The maximum atomic E-state index is 13.3. The second kappa shape index (κ2) is 6.64. The normalized spacial score (nSPS) is 26.6. The number of carbonyl (C=O) groups excluding carboxylic acids is 1. The van der Waals surface area contributed by atoms with Crippen molar-refractivity contribution in [1.82, 2.24) is 4.90 Å². The molecule has 1 aromatic carbocycles. The fourth-order valence-electron chi connectivity index (χ4n) is 4.56. The van der Waals surface area contributed by atoms with Gasteiger partial charge in [-0.1, -0.05) is 40.7 Å². The van der Waals surface area contributed by atoms with Crippen LogP contribution in [0, 0.1) is 22.7 Å². The number of hydrogen-bond donors (Lipinski definition) is 2. The van der Waals surface area contributed by atoms with E-state index in [9.17, 15) is 27.9 Å². The summed E-state index contributed by atoms with van der Waals surface area (Å²) in [4.78, 5) is 26.6. The lowest BCUT2D eigenvalue weighted by Crippen LogP contribution is -2.54. The standard InChI is InChI=1S/C21H27F3N2O3/c1-19(2,3)16(25-12-8-6-7-11(9-12)21(22,23)24)17(27)26-10-13-14(20(13,4)5)15(26)18(28)29/h6-9,13-16,25H,10H2,1-5H3,(H,28,29)/t13-,14-,15-,16+/m0/s1. The summed E-state index contributed by atoms with van der Waals surface area (Å²) in [5.74, 6) is -1.41. The quantitative estimate of drug-likeness (QED) is 0.781. The zero-order valence-corrected chi connectivity index (χ0v) is 17.2. The van der Waals surface area contributed by atoms with Crippen LogP contribution in [0.4, 0.5) is 18.9 Å². The maximum absolute atomic E-state index is 13.3. The Morgan fingerprint density at radius 3 is 2.38 bits per heavy atom. The largest absolute Gasteiger partial charge is 0.480 e. The molecular weight excluding hydrogens is 385 g/mol. The summed E-state index contributed by atoms with van der Waals surface area (Å²) in [6.45, 7) is 9.75. The van der Waals surface area contributed by atoms with Crippen molar-refractivity contribution in [2.45, 2.75) is 52.9 Å². The fourth-order valence-corrected chi connectivity index (χ4v) is 4.56. The molecule has 1 saturated heterocycles. The van der Waals surface area contributed by atoms with E-state index in [1.165, 1.54) is 17.0 Å². The van der Waals surface area contributed by atoms with Crippen molar-refractivity contribution in [2.75, 3.05) is 11.9 Å². The van der Waals surface area contributed by atoms with Gasteiger partial charge in [0.2, 0.25) is 5.91 Å². The van der Waals surface area contributed by atoms with Crippen LogP contribution < -0.4 is 5.32 Å². The molecule has 5 nitrogen and oxygen atoms in total. The minimum atomic E-state index is -4.49. The molecule has 1 amide bonds. The Balaban J connectivity index is 1.87. The molecule has 0 aromatic heterocycles. The van der Waals surface area contributed by atoms with Crippen LogP contribution in [0.2, 0.25) is 0 Å². The van der Waals surface area contributed by atoms with Gasteiger partial charge in [-0.2, -0.15) is 13.2 Å². The Morgan fingerprint density at radius 2 is 1.86 bits per heavy atom. The van der Waals surface area contributed by atoms with E-state index in [4.69, 9.17) is 0 Å². The number of aliphatic carboxylic acids is 1. The first kappa shape index (κ1) is 21.5. The van der Waals surface area contributed by atoms with Gasteiger partial charge in [0, 0.05) is 18.2 Å². The first-order valence-electron chi connectivity index (χ1n) is 9.63. The van der Waals surface area contributed by atoms with Crippen molar-refractivity contribution in [1.29, 1.82) is 0 Å². The predicted molar refractivity (Wildman–Crippen MR) is 102 cm³/mol. The summed E-state index contributed by atoms with van der Waals surface area (Å²) in [5.41, 5.74) is -1.40. The number of fused-ring (bicyclic) bond motifs is 1. The molecule has 2 aliphatic rings. The number of likely N-dealkylation sites (tertiary alicyclic amines) is 1. The van der Waals surface area contributed by atoms with E-state index in [2.05, 4.69) is 5.32 Å². The molecule has 1 aromatic rings. The highest BCUT2D eigenvalue weighted by atomic mass is 19.4. The molecule has 0 spiro atoms. The molecule has 0 unspecified atom stereocenters. The van der Waals surface area contributed by atoms with Gasteiger partial charge in [-0.15, -0.1) is 0 Å². The van der Waals surface area contributed by atoms with Crippen LogP contribution in [0.15, 0.2) is 24.3 Å². The molecule has 1 saturated carbocycles. The highest BCUT2D eigenvalue weighted by Gasteiger charge is 2.70. The lowest BCUT2D eigenvalue weighted by Gasteiger charge is -2.37. The minimum Gasteiger partial charge on any atom is -0.480 e. The Bertz CT molecular complexity index is 829. The van der Waals surface area contributed by atoms with E-state index in [1.807, 2.05) is 13.8 Å². The maximum Gasteiger partial charge on any atom is 0.416 e. The van der Waals surface area contributed by atoms with Crippen molar-refractivity contribution in [2.24, 2.45) is 22.7 Å². The minimum absolute atomic E-state index is 0.0990. The van der Waals surface area contributed by atoms with Crippen LogP contribution in [0.25, 0.3) is 0 Å². The summed E-state index contributed by atoms with van der Waals surface area (Å²) >= 11 is 0. The number of alkyl halides is 3. The van der Waals surface area contributed by atoms with E-state index in [-0.39, 0.29) is 22.9 Å². The first-order chi connectivity index (χ1) is 13.2. The molecule has 29 heavy (non-hydrogen) atoms. The third-order valence-corrected chi connectivity index (χ3v) is 6.36. The summed E-state index contributed by atoms with van der Waals surface area (Å²) in [7, 11) is 0. The number of amides is 1. The third-order valence-electron chi connectivity index (χ3n) is 6.36. The number of anilines is 1. The zero-order chi connectivity index (χ0) is 21.9. The smallest absolute Gasteiger partial charge is 0.416 e. The van der Waals surface area contributed by atoms with Crippen molar-refractivity contribution in [3.63, 3.8) is 0 Å². The molecule has 2 N–H and O–H groups in total. The number of rotatable bonds is 4. The van der Waals surface area contributed by atoms with Gasteiger partial charge in [-0.25, -0.2) is 4.79 Å². The molecule has 0 bridgehead atoms. The lowest BCUT2D eigenvalue weighted by molar-refractivity contribution is -0.151. The Hall–Kier alpha value is -2.25. The predicted octanol–water partition coefficient (Wildman–Crippen LogP) is 4.10. The molecule has 0 radical (unpaired) electrons. The monoisotopic (exact) mass is 412 g/mol. The number of carboxylic acids is 1. The first-order valence-corrected chi connectivity index (χ1v) is 9.63. The van der Waals surface area contributed by atoms with E-state index in [0.717, 1.165) is 12.1 Å². The van der Waals surface area contributed by atoms with Crippen LogP contribution in [0.5, 0.6) is 0 Å². The summed E-state index contributed by atoms with van der Waals surface area (Å²) in [6.07, 6.45) is -4.49. The van der Waals surface area contributed by atoms with Gasteiger partial charge in [0.1, 0.15) is 12.1 Å². The van der Waals surface area contributed by atoms with Crippen molar-refractivity contribution < 1.29 is 27.9 Å². The summed E-state index contributed by atoms with van der Waals surface area (Å²) in [6, 6.07) is 2.91. The number of nitrogens with one attached hydrogen (secondary N) is 1. The molecule has 1 heterocycles. The Labute approximate surface area is 168 Å².